The maximum absolute atomic E-state index is 12.6. The molecule has 0 aliphatic rings. The Labute approximate surface area is 106 Å². The number of nitrogens with two attached hydrogens (primary N) is 1. The zero-order valence-corrected chi connectivity index (χ0v) is 9.20. The number of hydrazine groups is 1. The highest BCUT2D eigenvalue weighted by atomic mass is 19.4. The molecule has 0 spiro atoms. The van der Waals surface area contributed by atoms with Crippen LogP contribution in [0.4, 0.5) is 32.0 Å². The van der Waals surface area contributed by atoms with E-state index in [4.69, 9.17) is 5.84 Å². The molecule has 0 bridgehead atoms. The summed E-state index contributed by atoms with van der Waals surface area (Å²) < 4.78 is 75.8. The number of anilines is 1. The van der Waals surface area contributed by atoms with Crippen LogP contribution in [-0.4, -0.2) is 5.09 Å². The normalized spacial score (nSPS) is 12.2. The van der Waals surface area contributed by atoms with Crippen LogP contribution in [0.25, 0.3) is 0 Å². The predicted octanol–water partition coefficient (Wildman–Crippen LogP) is 2.53. The maximum Gasteiger partial charge on any atom is 0.418 e. The van der Waals surface area contributed by atoms with Gasteiger partial charge in [0.15, 0.2) is 0 Å². The van der Waals surface area contributed by atoms with Crippen molar-refractivity contribution in [3.05, 3.63) is 39.4 Å². The molecule has 1 aromatic rings. The summed E-state index contributed by atoms with van der Waals surface area (Å²) in [7, 11) is 0. The summed E-state index contributed by atoms with van der Waals surface area (Å²) in [4.78, 5) is 13.4. The standard InChI is InChI=1S/C8H5F6N3O3/c9-7(10,11)4-2-1-3-5(8(12,13)14)6(4)16(15)20-17(18)19/h1-3H,15H2. The van der Waals surface area contributed by atoms with E-state index in [1.54, 1.807) is 0 Å². The van der Waals surface area contributed by atoms with Crippen LogP contribution in [-0.2, 0) is 17.3 Å². The Morgan fingerprint density at radius 1 is 1.10 bits per heavy atom. The molecule has 0 atom stereocenters. The molecule has 0 aliphatic heterocycles. The van der Waals surface area contributed by atoms with E-state index in [2.05, 4.69) is 4.94 Å². The van der Waals surface area contributed by atoms with Gasteiger partial charge in [-0.15, -0.1) is 15.3 Å². The maximum atomic E-state index is 12.6. The lowest BCUT2D eigenvalue weighted by molar-refractivity contribution is -0.762. The van der Waals surface area contributed by atoms with Crippen molar-refractivity contribution in [3.8, 4) is 0 Å². The van der Waals surface area contributed by atoms with Crippen LogP contribution >= 0.6 is 0 Å². The van der Waals surface area contributed by atoms with Gasteiger partial charge in [0, 0.05) is 0 Å². The molecule has 0 radical (unpaired) electrons. The average molecular weight is 305 g/mol. The largest absolute Gasteiger partial charge is 0.418 e. The van der Waals surface area contributed by atoms with Crippen LogP contribution in [0.1, 0.15) is 11.1 Å². The summed E-state index contributed by atoms with van der Waals surface area (Å²) in [5, 5.41) is 7.67. The van der Waals surface area contributed by atoms with Gasteiger partial charge < -0.3 is 0 Å². The van der Waals surface area contributed by atoms with Crippen LogP contribution < -0.4 is 11.0 Å². The van der Waals surface area contributed by atoms with Gasteiger partial charge in [-0.1, -0.05) is 6.07 Å². The topological polar surface area (TPSA) is 81.6 Å². The molecule has 0 fully saturated rings. The molecule has 112 valence electrons. The smallest absolute Gasteiger partial charge is 0.223 e. The minimum atomic E-state index is -5.21. The first-order valence-corrected chi connectivity index (χ1v) is 4.59. The quantitative estimate of drug-likeness (QED) is 0.401. The first-order valence-electron chi connectivity index (χ1n) is 4.59. The molecule has 0 aromatic heterocycles. The van der Waals surface area contributed by atoms with E-state index in [0.717, 1.165) is 0 Å². The Hall–Kier alpha value is -2.24. The van der Waals surface area contributed by atoms with Gasteiger partial charge in [0.05, 0.1) is 11.1 Å². The van der Waals surface area contributed by atoms with Crippen LogP contribution in [0.15, 0.2) is 18.2 Å². The van der Waals surface area contributed by atoms with Gasteiger partial charge in [0.2, 0.25) is 0 Å². The third-order valence-corrected chi connectivity index (χ3v) is 2.02. The number of rotatable bonds is 3. The van der Waals surface area contributed by atoms with E-state index in [0.29, 0.717) is 6.07 Å². The fourth-order valence-corrected chi connectivity index (χ4v) is 1.35. The van der Waals surface area contributed by atoms with Crippen LogP contribution in [0.5, 0.6) is 0 Å². The monoisotopic (exact) mass is 305 g/mol. The summed E-state index contributed by atoms with van der Waals surface area (Å²) in [5.74, 6) is 4.76. The summed E-state index contributed by atoms with van der Waals surface area (Å²) in [6, 6.07) is 1.07. The molecule has 2 N–H and O–H groups in total. The molecule has 6 nitrogen and oxygen atoms in total. The predicted molar refractivity (Wildman–Crippen MR) is 51.2 cm³/mol. The van der Waals surface area contributed by atoms with E-state index < -0.39 is 39.4 Å². The average Bonchev–Trinajstić information content (AvgIpc) is 2.24. The molecular weight excluding hydrogens is 300 g/mol. The molecule has 0 aliphatic carbocycles. The van der Waals surface area contributed by atoms with Gasteiger partial charge >= 0.3 is 17.4 Å². The molecule has 1 aromatic carbocycles. The molecule has 0 saturated carbocycles. The molecule has 20 heavy (non-hydrogen) atoms. The molecule has 0 unspecified atom stereocenters. The third-order valence-electron chi connectivity index (χ3n) is 2.02. The minimum absolute atomic E-state index is 0.285. The van der Waals surface area contributed by atoms with Crippen LogP contribution in [0.3, 0.4) is 0 Å². The fraction of sp³-hybridized carbons (Fsp3) is 0.250. The van der Waals surface area contributed by atoms with Gasteiger partial charge in [-0.3, -0.25) is 0 Å². The van der Waals surface area contributed by atoms with E-state index in [9.17, 15) is 36.5 Å². The van der Waals surface area contributed by atoms with Crippen molar-refractivity contribution in [2.24, 2.45) is 5.84 Å². The molecule has 12 heteroatoms. The minimum Gasteiger partial charge on any atom is -0.223 e. The second-order valence-electron chi connectivity index (χ2n) is 3.33. The Morgan fingerprint density at radius 3 is 1.80 bits per heavy atom. The van der Waals surface area contributed by atoms with Crippen molar-refractivity contribution in [1.29, 1.82) is 0 Å². The van der Waals surface area contributed by atoms with Crippen molar-refractivity contribution in [1.82, 2.24) is 0 Å². The van der Waals surface area contributed by atoms with Crippen molar-refractivity contribution < 1.29 is 36.4 Å². The molecule has 0 amide bonds. The molecule has 0 heterocycles. The Bertz CT molecular complexity index is 483. The van der Waals surface area contributed by atoms with E-state index in [1.165, 1.54) is 0 Å². The van der Waals surface area contributed by atoms with Crippen LogP contribution in [0.2, 0.25) is 0 Å². The second kappa shape index (κ2) is 5.03. The number of alkyl halides is 6. The second-order valence-corrected chi connectivity index (χ2v) is 3.33. The summed E-state index contributed by atoms with van der Waals surface area (Å²) in [6.45, 7) is 0. The Morgan fingerprint density at radius 2 is 1.50 bits per heavy atom. The van der Waals surface area contributed by atoms with Crippen molar-refractivity contribution >= 4 is 5.69 Å². The van der Waals surface area contributed by atoms with Gasteiger partial charge in [-0.2, -0.15) is 31.3 Å². The number of hydrogen-bond acceptors (Lipinski definition) is 5. The van der Waals surface area contributed by atoms with Crippen molar-refractivity contribution in [3.63, 3.8) is 0 Å². The number of para-hydroxylation sites is 1. The van der Waals surface area contributed by atoms with Gasteiger partial charge in [0.25, 0.3) is 0 Å². The number of hydrogen-bond donors (Lipinski definition) is 1. The highest BCUT2D eigenvalue weighted by Gasteiger charge is 2.42. The van der Waals surface area contributed by atoms with Crippen LogP contribution in [0, 0.1) is 10.1 Å². The van der Waals surface area contributed by atoms with Crippen molar-refractivity contribution in [2.45, 2.75) is 12.4 Å². The fourth-order valence-electron chi connectivity index (χ4n) is 1.35. The summed E-state index contributed by atoms with van der Waals surface area (Å²) in [6.07, 6.45) is -10.4. The third kappa shape index (κ3) is 3.40. The first kappa shape index (κ1) is 15.8. The van der Waals surface area contributed by atoms with Crippen molar-refractivity contribution in [2.75, 3.05) is 5.17 Å². The first-order chi connectivity index (χ1) is 8.94. The zero-order chi connectivity index (χ0) is 15.7. The zero-order valence-electron chi connectivity index (χ0n) is 9.20. The van der Waals surface area contributed by atoms with Gasteiger partial charge in [-0.25, -0.2) is 5.84 Å². The summed E-state index contributed by atoms with van der Waals surface area (Å²) >= 11 is 0. The van der Waals surface area contributed by atoms with E-state index in [-0.39, 0.29) is 12.1 Å². The number of benzene rings is 1. The van der Waals surface area contributed by atoms with Gasteiger partial charge in [0.1, 0.15) is 5.69 Å². The highest BCUT2D eigenvalue weighted by Crippen LogP contribution is 2.43. The highest BCUT2D eigenvalue weighted by molar-refractivity contribution is 5.59. The summed E-state index contributed by atoms with van der Waals surface area (Å²) in [5.41, 5.74) is -5.35. The lowest BCUT2D eigenvalue weighted by atomic mass is 10.1. The Balaban J connectivity index is 3.52. The van der Waals surface area contributed by atoms with E-state index in [1.807, 2.05) is 0 Å². The molecular formula is C8H5F6N3O3. The Kier molecular flexibility index (Phi) is 3.98. The lowest BCUT2D eigenvalue weighted by Gasteiger charge is -2.23. The van der Waals surface area contributed by atoms with E-state index >= 15 is 0 Å². The molecule has 0 saturated heterocycles. The lowest BCUT2D eigenvalue weighted by Crippen LogP contribution is -2.37. The van der Waals surface area contributed by atoms with Gasteiger partial charge in [-0.05, 0) is 12.1 Å². The number of halogens is 6. The molecule has 1 rings (SSSR count). The SMILES string of the molecule is NN(O[N+](=O)[O-])c1c(C(F)(F)F)cccc1C(F)(F)F. The number of nitrogens with zero attached hydrogens (tertiary/aromatic N) is 2.